The Hall–Kier alpha value is -2.00. The first-order valence-corrected chi connectivity index (χ1v) is 6.38. The molecule has 0 saturated carbocycles. The fourth-order valence-electron chi connectivity index (χ4n) is 2.15. The van der Waals surface area contributed by atoms with Crippen LogP contribution in [0.4, 0.5) is 0 Å². The summed E-state index contributed by atoms with van der Waals surface area (Å²) in [6.07, 6.45) is 5.50. The molecule has 96 valence electrons. The number of ether oxygens (including phenoxy) is 1. The van der Waals surface area contributed by atoms with E-state index in [1.165, 1.54) is 0 Å². The first-order chi connectivity index (χ1) is 9.24. The van der Waals surface area contributed by atoms with E-state index in [1.54, 1.807) is 12.4 Å². The third-order valence-corrected chi connectivity index (χ3v) is 3.30. The number of nitrogens with zero attached hydrogens (tertiary/aromatic N) is 2. The van der Waals surface area contributed by atoms with E-state index in [0.29, 0.717) is 6.61 Å². The van der Waals surface area contributed by atoms with Gasteiger partial charge in [0.05, 0.1) is 6.20 Å². The standard InChI is InChI=1S/C15H13ClN2O/c1-18-9-11(10-19-13-3-2-6-17-8-13)14-7-12(16)4-5-15(14)18/h2-9H,10H2,1H3. The van der Waals surface area contributed by atoms with Crippen LogP contribution in [0.2, 0.25) is 5.02 Å². The van der Waals surface area contributed by atoms with E-state index in [1.807, 2.05) is 37.4 Å². The van der Waals surface area contributed by atoms with Gasteiger partial charge in [0.2, 0.25) is 0 Å². The second-order valence-electron chi connectivity index (χ2n) is 4.40. The molecule has 0 aliphatic heterocycles. The normalized spacial score (nSPS) is 10.8. The molecule has 19 heavy (non-hydrogen) atoms. The zero-order chi connectivity index (χ0) is 13.2. The van der Waals surface area contributed by atoms with Gasteiger partial charge in [0.1, 0.15) is 12.4 Å². The van der Waals surface area contributed by atoms with Crippen LogP contribution in [0.25, 0.3) is 10.9 Å². The van der Waals surface area contributed by atoms with Gasteiger partial charge in [-0.05, 0) is 30.3 Å². The summed E-state index contributed by atoms with van der Waals surface area (Å²) in [6, 6.07) is 9.64. The molecule has 3 rings (SSSR count). The number of halogens is 1. The minimum atomic E-state index is 0.503. The van der Waals surface area contributed by atoms with Gasteiger partial charge in [0, 0.05) is 40.9 Å². The molecule has 2 aromatic heterocycles. The van der Waals surface area contributed by atoms with E-state index in [2.05, 4.69) is 15.7 Å². The molecule has 0 aliphatic rings. The largest absolute Gasteiger partial charge is 0.487 e. The monoisotopic (exact) mass is 272 g/mol. The van der Waals surface area contributed by atoms with Crippen molar-refractivity contribution in [3.63, 3.8) is 0 Å². The lowest BCUT2D eigenvalue weighted by Gasteiger charge is -2.04. The van der Waals surface area contributed by atoms with Crippen LogP contribution in [-0.4, -0.2) is 9.55 Å². The zero-order valence-corrected chi connectivity index (χ0v) is 11.3. The van der Waals surface area contributed by atoms with Crippen LogP contribution in [0.15, 0.2) is 48.9 Å². The van der Waals surface area contributed by atoms with Crippen LogP contribution in [0.3, 0.4) is 0 Å². The fourth-order valence-corrected chi connectivity index (χ4v) is 2.33. The first kappa shape index (κ1) is 12.1. The van der Waals surface area contributed by atoms with E-state index in [4.69, 9.17) is 16.3 Å². The van der Waals surface area contributed by atoms with Crippen LogP contribution in [0.5, 0.6) is 5.75 Å². The Morgan fingerprint density at radius 2 is 2.21 bits per heavy atom. The van der Waals surface area contributed by atoms with Gasteiger partial charge in [0.25, 0.3) is 0 Å². The summed E-state index contributed by atoms with van der Waals surface area (Å²) in [5, 5.41) is 1.86. The summed E-state index contributed by atoms with van der Waals surface area (Å²) < 4.78 is 7.81. The molecule has 4 heteroatoms. The maximum atomic E-state index is 6.06. The van der Waals surface area contributed by atoms with Crippen molar-refractivity contribution in [2.45, 2.75) is 6.61 Å². The number of aromatic nitrogens is 2. The van der Waals surface area contributed by atoms with Crippen molar-refractivity contribution in [2.24, 2.45) is 7.05 Å². The molecule has 0 spiro atoms. The maximum Gasteiger partial charge on any atom is 0.138 e. The summed E-state index contributed by atoms with van der Waals surface area (Å²) in [5.41, 5.74) is 2.26. The van der Waals surface area contributed by atoms with E-state index in [0.717, 1.165) is 27.2 Å². The molecule has 3 aromatic rings. The van der Waals surface area contributed by atoms with Gasteiger partial charge in [-0.25, -0.2) is 0 Å². The highest BCUT2D eigenvalue weighted by Gasteiger charge is 2.07. The number of rotatable bonds is 3. The number of benzene rings is 1. The highest BCUT2D eigenvalue weighted by molar-refractivity contribution is 6.31. The lowest BCUT2D eigenvalue weighted by atomic mass is 10.2. The second-order valence-corrected chi connectivity index (χ2v) is 4.84. The molecule has 0 saturated heterocycles. The van der Waals surface area contributed by atoms with Crippen molar-refractivity contribution >= 4 is 22.5 Å². The smallest absolute Gasteiger partial charge is 0.138 e. The zero-order valence-electron chi connectivity index (χ0n) is 10.5. The summed E-state index contributed by atoms with van der Waals surface area (Å²) in [6.45, 7) is 0.503. The molecule has 2 heterocycles. The maximum absolute atomic E-state index is 6.06. The van der Waals surface area contributed by atoms with Gasteiger partial charge in [-0.15, -0.1) is 0 Å². The summed E-state index contributed by atoms with van der Waals surface area (Å²) >= 11 is 6.06. The number of hydrogen-bond acceptors (Lipinski definition) is 2. The minimum Gasteiger partial charge on any atom is -0.487 e. The predicted molar refractivity (Wildman–Crippen MR) is 76.5 cm³/mol. The van der Waals surface area contributed by atoms with E-state index in [9.17, 15) is 0 Å². The Kier molecular flexibility index (Phi) is 3.13. The Labute approximate surface area is 116 Å². The highest BCUT2D eigenvalue weighted by atomic mass is 35.5. The Bertz CT molecular complexity index is 707. The van der Waals surface area contributed by atoms with Crippen molar-refractivity contribution in [1.29, 1.82) is 0 Å². The van der Waals surface area contributed by atoms with Crippen molar-refractivity contribution in [1.82, 2.24) is 9.55 Å². The molecule has 3 nitrogen and oxygen atoms in total. The van der Waals surface area contributed by atoms with Crippen molar-refractivity contribution < 1.29 is 4.74 Å². The molecule has 0 atom stereocenters. The number of fused-ring (bicyclic) bond motifs is 1. The lowest BCUT2D eigenvalue weighted by Crippen LogP contribution is -1.94. The quantitative estimate of drug-likeness (QED) is 0.725. The molecule has 0 bridgehead atoms. The summed E-state index contributed by atoms with van der Waals surface area (Å²) in [4.78, 5) is 4.03. The Morgan fingerprint density at radius 1 is 1.32 bits per heavy atom. The molecule has 0 aliphatic carbocycles. The van der Waals surface area contributed by atoms with Crippen LogP contribution < -0.4 is 4.74 Å². The lowest BCUT2D eigenvalue weighted by molar-refractivity contribution is 0.306. The highest BCUT2D eigenvalue weighted by Crippen LogP contribution is 2.25. The van der Waals surface area contributed by atoms with Crippen molar-refractivity contribution in [3.05, 3.63) is 59.5 Å². The number of hydrogen-bond donors (Lipinski definition) is 0. The molecule has 0 unspecified atom stereocenters. The fraction of sp³-hybridized carbons (Fsp3) is 0.133. The van der Waals surface area contributed by atoms with Crippen LogP contribution in [0, 0.1) is 0 Å². The first-order valence-electron chi connectivity index (χ1n) is 6.00. The second kappa shape index (κ2) is 4.94. The summed E-state index contributed by atoms with van der Waals surface area (Å²) in [7, 11) is 2.02. The number of aryl methyl sites for hydroxylation is 1. The molecular weight excluding hydrogens is 260 g/mol. The van der Waals surface area contributed by atoms with Crippen molar-refractivity contribution in [2.75, 3.05) is 0 Å². The van der Waals surface area contributed by atoms with Crippen molar-refractivity contribution in [3.8, 4) is 5.75 Å². The van der Waals surface area contributed by atoms with Gasteiger partial charge in [-0.3, -0.25) is 4.98 Å². The molecule has 0 fully saturated rings. The summed E-state index contributed by atoms with van der Waals surface area (Å²) in [5.74, 6) is 0.765. The molecular formula is C15H13ClN2O. The van der Waals surface area contributed by atoms with E-state index < -0.39 is 0 Å². The van der Waals surface area contributed by atoms with Gasteiger partial charge in [-0.2, -0.15) is 0 Å². The molecule has 0 amide bonds. The molecule has 0 N–H and O–H groups in total. The van der Waals surface area contributed by atoms with Gasteiger partial charge in [-0.1, -0.05) is 11.6 Å². The average Bonchev–Trinajstić information content (AvgIpc) is 2.74. The topological polar surface area (TPSA) is 27.1 Å². The SMILES string of the molecule is Cn1cc(COc2cccnc2)c2cc(Cl)ccc21. The minimum absolute atomic E-state index is 0.503. The third kappa shape index (κ3) is 2.42. The molecule has 1 aromatic carbocycles. The van der Waals surface area contributed by atoms with Crippen LogP contribution >= 0.6 is 11.6 Å². The third-order valence-electron chi connectivity index (χ3n) is 3.06. The van der Waals surface area contributed by atoms with E-state index in [-0.39, 0.29) is 0 Å². The molecule has 0 radical (unpaired) electrons. The van der Waals surface area contributed by atoms with Gasteiger partial charge < -0.3 is 9.30 Å². The Balaban J connectivity index is 1.91. The number of pyridine rings is 1. The Morgan fingerprint density at radius 3 is 3.00 bits per heavy atom. The van der Waals surface area contributed by atoms with Crippen LogP contribution in [-0.2, 0) is 13.7 Å². The predicted octanol–water partition coefficient (Wildman–Crippen LogP) is 3.81. The van der Waals surface area contributed by atoms with Gasteiger partial charge in [0.15, 0.2) is 0 Å². The van der Waals surface area contributed by atoms with Crippen LogP contribution in [0.1, 0.15) is 5.56 Å². The average molecular weight is 273 g/mol. The van der Waals surface area contributed by atoms with Gasteiger partial charge >= 0.3 is 0 Å². The van der Waals surface area contributed by atoms with E-state index >= 15 is 0 Å².